The van der Waals surface area contributed by atoms with E-state index in [1.54, 1.807) is 0 Å². The van der Waals surface area contributed by atoms with Crippen LogP contribution in [0.1, 0.15) is 97.8 Å². The van der Waals surface area contributed by atoms with Crippen molar-refractivity contribution < 1.29 is 4.48 Å². The van der Waals surface area contributed by atoms with Crippen LogP contribution < -0.4 is 5.32 Å². The van der Waals surface area contributed by atoms with E-state index in [1.807, 2.05) is 0 Å². The van der Waals surface area contributed by atoms with Gasteiger partial charge in [-0.1, -0.05) is 19.3 Å². The molecule has 4 fully saturated rings. The molecule has 25 heavy (non-hydrogen) atoms. The number of quaternary nitrogens is 1. The fraction of sp³-hybridized carbons (Fsp3) is 1.00. The van der Waals surface area contributed by atoms with Crippen LogP contribution in [0, 0.1) is 11.8 Å². The van der Waals surface area contributed by atoms with E-state index in [2.05, 4.69) is 26.1 Å². The molecular weight excluding hydrogens is 304 g/mol. The first-order chi connectivity index (χ1) is 12.2. The van der Waals surface area contributed by atoms with Gasteiger partial charge in [0.25, 0.3) is 0 Å². The van der Waals surface area contributed by atoms with Crippen molar-refractivity contribution in [3.8, 4) is 0 Å². The Morgan fingerprint density at radius 2 is 1.36 bits per heavy atom. The summed E-state index contributed by atoms with van der Waals surface area (Å²) in [6.45, 7) is 11.3. The molecule has 4 rings (SSSR count). The van der Waals surface area contributed by atoms with Crippen LogP contribution in [0.4, 0.5) is 0 Å². The van der Waals surface area contributed by atoms with Gasteiger partial charge in [-0.2, -0.15) is 0 Å². The number of nitrogens with one attached hydrogen (secondary N) is 1. The molecule has 5 atom stereocenters. The van der Waals surface area contributed by atoms with E-state index in [0.29, 0.717) is 0 Å². The molecule has 0 aromatic carbocycles. The van der Waals surface area contributed by atoms with Gasteiger partial charge in [0.2, 0.25) is 0 Å². The fourth-order valence-electron chi connectivity index (χ4n) is 7.03. The molecule has 0 bridgehead atoms. The molecule has 2 saturated heterocycles. The highest BCUT2D eigenvalue weighted by atomic mass is 15.4. The second kappa shape index (κ2) is 9.22. The highest BCUT2D eigenvalue weighted by Crippen LogP contribution is 2.42. The maximum atomic E-state index is 3.62. The largest absolute Gasteiger partial charge is 0.319 e. The van der Waals surface area contributed by atoms with Crippen LogP contribution in [0.15, 0.2) is 0 Å². The molecule has 2 nitrogen and oxygen atoms in total. The van der Waals surface area contributed by atoms with Crippen molar-refractivity contribution in [1.82, 2.24) is 5.32 Å². The summed E-state index contributed by atoms with van der Waals surface area (Å²) in [5.41, 5.74) is 0. The summed E-state index contributed by atoms with van der Waals surface area (Å²) in [7, 11) is 0. The molecule has 5 unspecified atom stereocenters. The van der Waals surface area contributed by atoms with Gasteiger partial charge in [0.1, 0.15) is 0 Å². The molecule has 146 valence electrons. The molecule has 2 aliphatic heterocycles. The summed E-state index contributed by atoms with van der Waals surface area (Å²) < 4.78 is 1.44. The molecule has 2 aliphatic carbocycles. The third-order valence-electron chi connectivity index (χ3n) is 8.61. The van der Waals surface area contributed by atoms with Gasteiger partial charge in [-0.3, -0.25) is 0 Å². The number of likely N-dealkylation sites (tertiary alicyclic amines) is 1. The lowest BCUT2D eigenvalue weighted by Gasteiger charge is -2.55. The van der Waals surface area contributed by atoms with E-state index >= 15 is 0 Å². The zero-order chi connectivity index (χ0) is 17.7. The lowest BCUT2D eigenvalue weighted by Crippen LogP contribution is -2.65. The Labute approximate surface area is 157 Å². The minimum atomic E-state index is 0.905. The second-order valence-corrected chi connectivity index (χ2v) is 9.52. The number of hydrogen-bond acceptors (Lipinski definition) is 1. The van der Waals surface area contributed by atoms with Crippen molar-refractivity contribution in [3.05, 3.63) is 0 Å². The van der Waals surface area contributed by atoms with Gasteiger partial charge in [0, 0.05) is 12.0 Å². The molecule has 2 heterocycles. The summed E-state index contributed by atoms with van der Waals surface area (Å²) in [5, 5.41) is 3.62. The fourth-order valence-corrected chi connectivity index (χ4v) is 7.03. The molecule has 2 heteroatoms. The average molecular weight is 350 g/mol. The first-order valence-corrected chi connectivity index (χ1v) is 11.8. The van der Waals surface area contributed by atoms with Crippen LogP contribution in [0.2, 0.25) is 0 Å². The Bertz CT molecular complexity index is 364. The average Bonchev–Trinajstić information content (AvgIpc) is 2.69. The Morgan fingerprint density at radius 3 is 2.08 bits per heavy atom. The van der Waals surface area contributed by atoms with Gasteiger partial charge in [-0.05, 0) is 91.0 Å². The molecular formula is C23H45N2+. The molecule has 0 amide bonds. The van der Waals surface area contributed by atoms with Crippen molar-refractivity contribution >= 4 is 0 Å². The van der Waals surface area contributed by atoms with Crippen molar-refractivity contribution in [2.24, 2.45) is 11.8 Å². The number of piperidine rings is 2. The van der Waals surface area contributed by atoms with E-state index in [9.17, 15) is 0 Å². The molecule has 0 spiro atoms. The van der Waals surface area contributed by atoms with E-state index < -0.39 is 0 Å². The van der Waals surface area contributed by atoms with Crippen LogP contribution in [-0.4, -0.2) is 42.2 Å². The summed E-state index contributed by atoms with van der Waals surface area (Å²) in [5.74, 6) is 2.11. The lowest BCUT2D eigenvalue weighted by atomic mass is 9.74. The maximum absolute atomic E-state index is 3.62. The topological polar surface area (TPSA) is 12.0 Å². The van der Waals surface area contributed by atoms with Gasteiger partial charge >= 0.3 is 0 Å². The first-order valence-electron chi connectivity index (χ1n) is 11.8. The highest BCUT2D eigenvalue weighted by Gasteiger charge is 2.47. The Morgan fingerprint density at radius 1 is 0.720 bits per heavy atom. The van der Waals surface area contributed by atoms with Crippen molar-refractivity contribution in [2.45, 2.75) is 116 Å². The van der Waals surface area contributed by atoms with Gasteiger partial charge < -0.3 is 9.80 Å². The lowest BCUT2D eigenvalue weighted by molar-refractivity contribution is -0.978. The Balaban J connectivity index is 0.000000157. The molecule has 0 aromatic heterocycles. The minimum absolute atomic E-state index is 0.905. The monoisotopic (exact) mass is 349 g/mol. The van der Waals surface area contributed by atoms with Crippen molar-refractivity contribution in [2.75, 3.05) is 19.6 Å². The van der Waals surface area contributed by atoms with E-state index in [1.165, 1.54) is 101 Å². The summed E-state index contributed by atoms with van der Waals surface area (Å²) >= 11 is 0. The predicted octanol–water partition coefficient (Wildman–Crippen LogP) is 5.51. The van der Waals surface area contributed by atoms with E-state index in [4.69, 9.17) is 0 Å². The predicted molar refractivity (Wildman–Crippen MR) is 109 cm³/mol. The van der Waals surface area contributed by atoms with E-state index in [0.717, 1.165) is 30.0 Å². The SMILES string of the molecule is C1CCC2NCCCC2C1.CC[N+]1(CC)C(C)CCC2CCCCC21. The molecule has 1 N–H and O–H groups in total. The summed E-state index contributed by atoms with van der Waals surface area (Å²) in [6, 6.07) is 2.83. The Kier molecular flexibility index (Phi) is 7.26. The number of rotatable bonds is 2. The van der Waals surface area contributed by atoms with Gasteiger partial charge in [0.05, 0.1) is 25.2 Å². The Hall–Kier alpha value is -0.0800. The third kappa shape index (κ3) is 4.26. The second-order valence-electron chi connectivity index (χ2n) is 9.52. The first kappa shape index (κ1) is 19.7. The van der Waals surface area contributed by atoms with E-state index in [-0.39, 0.29) is 0 Å². The van der Waals surface area contributed by atoms with Crippen LogP contribution in [0.3, 0.4) is 0 Å². The molecule has 0 aromatic rings. The van der Waals surface area contributed by atoms with Crippen LogP contribution in [-0.2, 0) is 0 Å². The van der Waals surface area contributed by atoms with Gasteiger partial charge in [0.15, 0.2) is 0 Å². The standard InChI is InChI=1S/C14H28N.C9H17N/c1-4-15(5-2)12(3)10-11-13-8-6-7-9-14(13)15;1-2-6-9-8(4-1)5-3-7-10-9/h12-14H,4-11H2,1-3H3;8-10H,1-7H2/q+1;. The maximum Gasteiger partial charge on any atom is 0.0920 e. The summed E-state index contributed by atoms with van der Waals surface area (Å²) in [6.07, 6.45) is 17.8. The summed E-state index contributed by atoms with van der Waals surface area (Å²) in [4.78, 5) is 0. The quantitative estimate of drug-likeness (QED) is 0.648. The normalized spacial score (nSPS) is 40.2. The molecule has 2 saturated carbocycles. The van der Waals surface area contributed by atoms with Crippen LogP contribution >= 0.6 is 0 Å². The highest BCUT2D eigenvalue weighted by molar-refractivity contribution is 4.84. The van der Waals surface area contributed by atoms with Crippen molar-refractivity contribution in [1.29, 1.82) is 0 Å². The zero-order valence-corrected chi connectivity index (χ0v) is 17.4. The number of hydrogen-bond donors (Lipinski definition) is 1. The smallest absolute Gasteiger partial charge is 0.0920 e. The number of nitrogens with zero attached hydrogens (tertiary/aromatic N) is 1. The zero-order valence-electron chi connectivity index (χ0n) is 17.4. The molecule has 0 radical (unpaired) electrons. The van der Waals surface area contributed by atoms with Gasteiger partial charge in [-0.25, -0.2) is 0 Å². The third-order valence-corrected chi connectivity index (χ3v) is 8.61. The number of fused-ring (bicyclic) bond motifs is 2. The minimum Gasteiger partial charge on any atom is -0.319 e. The van der Waals surface area contributed by atoms with Crippen LogP contribution in [0.25, 0.3) is 0 Å². The van der Waals surface area contributed by atoms with Gasteiger partial charge in [-0.15, -0.1) is 0 Å². The van der Waals surface area contributed by atoms with Crippen LogP contribution in [0.5, 0.6) is 0 Å². The van der Waals surface area contributed by atoms with Crippen molar-refractivity contribution in [3.63, 3.8) is 0 Å². The molecule has 4 aliphatic rings.